The van der Waals surface area contributed by atoms with Crippen LogP contribution in [-0.4, -0.2) is 50.3 Å². The Morgan fingerprint density at radius 3 is 2.86 bits per heavy atom. The van der Waals surface area contributed by atoms with Crippen LogP contribution in [0, 0.1) is 12.3 Å². The fourth-order valence-corrected chi connectivity index (χ4v) is 4.26. The van der Waals surface area contributed by atoms with Gasteiger partial charge >= 0.3 is 0 Å². The van der Waals surface area contributed by atoms with Crippen molar-refractivity contribution in [3.8, 4) is 0 Å². The highest BCUT2D eigenvalue weighted by molar-refractivity contribution is 7.13. The lowest BCUT2D eigenvalue weighted by Crippen LogP contribution is -2.43. The SMILES string of the molecule is COC[C@H]1CC2(CCN(C(=O)c3ccc(C)s3)CC2)CO1. The lowest BCUT2D eigenvalue weighted by molar-refractivity contribution is 0.0281. The zero-order valence-electron chi connectivity index (χ0n) is 12.8. The molecule has 1 aromatic heterocycles. The van der Waals surface area contributed by atoms with Crippen molar-refractivity contribution in [1.82, 2.24) is 4.90 Å². The minimum atomic E-state index is 0.190. The van der Waals surface area contributed by atoms with Crippen molar-refractivity contribution in [2.24, 2.45) is 5.41 Å². The first-order valence-electron chi connectivity index (χ1n) is 7.58. The average Bonchev–Trinajstić information content (AvgIpc) is 3.07. The van der Waals surface area contributed by atoms with Gasteiger partial charge in [-0.15, -0.1) is 11.3 Å². The van der Waals surface area contributed by atoms with Gasteiger partial charge in [-0.1, -0.05) is 0 Å². The van der Waals surface area contributed by atoms with Crippen LogP contribution >= 0.6 is 11.3 Å². The fourth-order valence-electron chi connectivity index (χ4n) is 3.43. The summed E-state index contributed by atoms with van der Waals surface area (Å²) in [5, 5.41) is 0. The molecule has 116 valence electrons. The molecule has 5 heteroatoms. The molecule has 1 aromatic rings. The number of ether oxygens (including phenoxy) is 2. The summed E-state index contributed by atoms with van der Waals surface area (Å²) >= 11 is 1.59. The Morgan fingerprint density at radius 1 is 1.48 bits per heavy atom. The predicted molar refractivity (Wildman–Crippen MR) is 82.9 cm³/mol. The Kier molecular flexibility index (Phi) is 4.33. The summed E-state index contributed by atoms with van der Waals surface area (Å²) in [6.07, 6.45) is 3.39. The summed E-state index contributed by atoms with van der Waals surface area (Å²) in [4.78, 5) is 16.5. The average molecular weight is 309 g/mol. The Hall–Kier alpha value is -0.910. The molecule has 2 aliphatic heterocycles. The second kappa shape index (κ2) is 6.07. The quantitative estimate of drug-likeness (QED) is 0.862. The molecule has 2 saturated heterocycles. The first-order chi connectivity index (χ1) is 10.1. The maximum Gasteiger partial charge on any atom is 0.263 e. The molecule has 0 aromatic carbocycles. The van der Waals surface area contributed by atoms with E-state index < -0.39 is 0 Å². The van der Waals surface area contributed by atoms with E-state index in [-0.39, 0.29) is 17.4 Å². The molecule has 1 amide bonds. The lowest BCUT2D eigenvalue weighted by Gasteiger charge is -2.38. The van der Waals surface area contributed by atoms with Crippen molar-refractivity contribution in [2.75, 3.05) is 33.4 Å². The Morgan fingerprint density at radius 2 is 2.24 bits per heavy atom. The molecular formula is C16H23NO3S. The summed E-state index contributed by atoms with van der Waals surface area (Å²) in [5.74, 6) is 0.190. The van der Waals surface area contributed by atoms with E-state index in [1.165, 1.54) is 4.88 Å². The Balaban J connectivity index is 1.57. The molecule has 0 saturated carbocycles. The van der Waals surface area contributed by atoms with Crippen LogP contribution in [0.15, 0.2) is 12.1 Å². The third kappa shape index (κ3) is 3.15. The van der Waals surface area contributed by atoms with Gasteiger partial charge in [-0.2, -0.15) is 0 Å². The van der Waals surface area contributed by atoms with Crippen molar-refractivity contribution in [3.05, 3.63) is 21.9 Å². The van der Waals surface area contributed by atoms with Crippen LogP contribution in [0.3, 0.4) is 0 Å². The second-order valence-electron chi connectivity index (χ2n) is 6.29. The van der Waals surface area contributed by atoms with E-state index in [1.807, 2.05) is 24.0 Å². The molecule has 0 N–H and O–H groups in total. The summed E-state index contributed by atoms with van der Waals surface area (Å²) in [5.41, 5.74) is 0.269. The lowest BCUT2D eigenvalue weighted by atomic mass is 9.76. The third-order valence-electron chi connectivity index (χ3n) is 4.70. The summed E-state index contributed by atoms with van der Waals surface area (Å²) in [7, 11) is 1.72. The maximum atomic E-state index is 12.5. The molecule has 3 heterocycles. The fraction of sp³-hybridized carbons (Fsp3) is 0.688. The zero-order valence-corrected chi connectivity index (χ0v) is 13.6. The van der Waals surface area contributed by atoms with Crippen LogP contribution in [-0.2, 0) is 9.47 Å². The smallest absolute Gasteiger partial charge is 0.263 e. The number of hydrogen-bond acceptors (Lipinski definition) is 4. The number of rotatable bonds is 3. The van der Waals surface area contributed by atoms with Gasteiger partial charge in [0.1, 0.15) is 0 Å². The number of hydrogen-bond donors (Lipinski definition) is 0. The summed E-state index contributed by atoms with van der Waals surface area (Å²) < 4.78 is 11.0. The Bertz CT molecular complexity index is 505. The molecule has 0 aliphatic carbocycles. The van der Waals surface area contributed by atoms with Crippen LogP contribution in [0.1, 0.15) is 33.8 Å². The van der Waals surface area contributed by atoms with E-state index >= 15 is 0 Å². The second-order valence-corrected chi connectivity index (χ2v) is 7.58. The van der Waals surface area contributed by atoms with Crippen LogP contribution in [0.2, 0.25) is 0 Å². The van der Waals surface area contributed by atoms with Crippen molar-refractivity contribution in [3.63, 3.8) is 0 Å². The maximum absolute atomic E-state index is 12.5. The van der Waals surface area contributed by atoms with Crippen LogP contribution in [0.5, 0.6) is 0 Å². The number of likely N-dealkylation sites (tertiary alicyclic amines) is 1. The standard InChI is InChI=1S/C16H23NO3S/c1-12-3-4-14(21-12)15(18)17-7-5-16(6-8-17)9-13(10-19-2)20-11-16/h3-4,13H,5-11H2,1-2H3/t13-/m1/s1. The monoisotopic (exact) mass is 309 g/mol. The highest BCUT2D eigenvalue weighted by Crippen LogP contribution is 2.42. The van der Waals surface area contributed by atoms with Gasteiger partial charge in [-0.3, -0.25) is 4.79 Å². The Labute approximate surface area is 130 Å². The largest absolute Gasteiger partial charge is 0.382 e. The molecule has 2 fully saturated rings. The van der Waals surface area contributed by atoms with Crippen molar-refractivity contribution >= 4 is 17.2 Å². The van der Waals surface area contributed by atoms with Crippen LogP contribution in [0.4, 0.5) is 0 Å². The molecule has 21 heavy (non-hydrogen) atoms. The summed E-state index contributed by atoms with van der Waals surface area (Å²) in [6.45, 7) is 5.23. The number of methoxy groups -OCH3 is 1. The third-order valence-corrected chi connectivity index (χ3v) is 5.69. The van der Waals surface area contributed by atoms with E-state index in [1.54, 1.807) is 18.4 Å². The number of amides is 1. The number of piperidine rings is 1. The molecule has 2 aliphatic rings. The topological polar surface area (TPSA) is 38.8 Å². The van der Waals surface area contributed by atoms with Crippen molar-refractivity contribution in [1.29, 1.82) is 0 Å². The van der Waals surface area contributed by atoms with E-state index in [0.717, 1.165) is 43.8 Å². The van der Waals surface area contributed by atoms with Gasteiger partial charge in [0.05, 0.1) is 24.2 Å². The van der Waals surface area contributed by atoms with Crippen LogP contribution < -0.4 is 0 Å². The van der Waals surface area contributed by atoms with Gasteiger partial charge in [-0.05, 0) is 43.7 Å². The highest BCUT2D eigenvalue weighted by atomic mass is 32.1. The molecule has 0 unspecified atom stereocenters. The first-order valence-corrected chi connectivity index (χ1v) is 8.40. The van der Waals surface area contributed by atoms with Crippen LogP contribution in [0.25, 0.3) is 0 Å². The molecule has 0 bridgehead atoms. The van der Waals surface area contributed by atoms with Gasteiger partial charge in [0.25, 0.3) is 5.91 Å². The van der Waals surface area contributed by atoms with E-state index in [0.29, 0.717) is 6.61 Å². The minimum Gasteiger partial charge on any atom is -0.382 e. The molecule has 0 radical (unpaired) electrons. The van der Waals surface area contributed by atoms with Gasteiger partial charge < -0.3 is 14.4 Å². The van der Waals surface area contributed by atoms with Crippen molar-refractivity contribution < 1.29 is 14.3 Å². The number of aryl methyl sites for hydroxylation is 1. The molecular weight excluding hydrogens is 286 g/mol. The number of thiophene rings is 1. The van der Waals surface area contributed by atoms with E-state index in [2.05, 4.69) is 0 Å². The minimum absolute atomic E-state index is 0.190. The number of carbonyl (C=O) groups excluding carboxylic acids is 1. The number of carbonyl (C=O) groups is 1. The van der Waals surface area contributed by atoms with Gasteiger partial charge in [0.2, 0.25) is 0 Å². The highest BCUT2D eigenvalue weighted by Gasteiger charge is 2.43. The normalized spacial score (nSPS) is 24.7. The molecule has 1 spiro atoms. The zero-order chi connectivity index (χ0) is 14.9. The first kappa shape index (κ1) is 15.0. The number of nitrogens with zero attached hydrogens (tertiary/aromatic N) is 1. The molecule has 3 rings (SSSR count). The van der Waals surface area contributed by atoms with Gasteiger partial charge in [0, 0.05) is 25.1 Å². The molecule has 1 atom stereocenters. The summed E-state index contributed by atoms with van der Waals surface area (Å²) in [6, 6.07) is 3.96. The van der Waals surface area contributed by atoms with E-state index in [9.17, 15) is 4.79 Å². The predicted octanol–water partition coefficient (Wildman–Crippen LogP) is 2.71. The van der Waals surface area contributed by atoms with Gasteiger partial charge in [-0.25, -0.2) is 0 Å². The van der Waals surface area contributed by atoms with Gasteiger partial charge in [0.15, 0.2) is 0 Å². The molecule has 4 nitrogen and oxygen atoms in total. The van der Waals surface area contributed by atoms with E-state index in [4.69, 9.17) is 9.47 Å². The van der Waals surface area contributed by atoms with Crippen molar-refractivity contribution in [2.45, 2.75) is 32.3 Å².